The lowest BCUT2D eigenvalue weighted by molar-refractivity contribution is -0.389. The highest BCUT2D eigenvalue weighted by atomic mass is 19.4. The van der Waals surface area contributed by atoms with E-state index in [4.69, 9.17) is 0 Å². The molecule has 1 heterocycles. The predicted molar refractivity (Wildman–Crippen MR) is 65.0 cm³/mol. The maximum absolute atomic E-state index is 12.2. The summed E-state index contributed by atoms with van der Waals surface area (Å²) < 4.78 is 37.4. The Bertz CT molecular complexity index is 608. The molecule has 20 heavy (non-hydrogen) atoms. The van der Waals surface area contributed by atoms with Crippen LogP contribution in [0.4, 0.5) is 19.0 Å². The quantitative estimate of drug-likeness (QED) is 0.638. The van der Waals surface area contributed by atoms with Crippen LogP contribution >= 0.6 is 0 Å². The van der Waals surface area contributed by atoms with E-state index in [2.05, 4.69) is 5.10 Å². The Hall–Kier alpha value is -2.38. The van der Waals surface area contributed by atoms with Crippen molar-refractivity contribution in [2.45, 2.75) is 19.1 Å². The van der Waals surface area contributed by atoms with E-state index < -0.39 is 29.9 Å². The van der Waals surface area contributed by atoms with Crippen LogP contribution in [0.1, 0.15) is 6.42 Å². The number of halogens is 3. The first-order chi connectivity index (χ1) is 9.37. The normalized spacial score (nSPS) is 11.6. The molecule has 0 aliphatic carbocycles. The summed E-state index contributed by atoms with van der Waals surface area (Å²) in [6, 6.07) is 8.39. The fourth-order valence-electron chi connectivity index (χ4n) is 1.72. The van der Waals surface area contributed by atoms with Crippen molar-refractivity contribution in [3.05, 3.63) is 46.6 Å². The van der Waals surface area contributed by atoms with E-state index in [0.29, 0.717) is 5.56 Å². The van der Waals surface area contributed by atoms with Gasteiger partial charge in [0.1, 0.15) is 5.56 Å². The molecule has 1 aromatic carbocycles. The van der Waals surface area contributed by atoms with Crippen molar-refractivity contribution in [3.63, 3.8) is 0 Å². The van der Waals surface area contributed by atoms with Crippen LogP contribution in [-0.4, -0.2) is 20.9 Å². The summed E-state index contributed by atoms with van der Waals surface area (Å²) in [6.07, 6.45) is -4.15. The minimum atomic E-state index is -4.33. The van der Waals surface area contributed by atoms with Crippen LogP contribution in [0.2, 0.25) is 0 Å². The zero-order valence-electron chi connectivity index (χ0n) is 10.2. The number of benzene rings is 1. The minimum absolute atomic E-state index is 0.206. The standard InChI is InChI=1S/C12H10F3N3O2/c13-12(14,15)6-7-17-8-10(11(16-17)18(19)20)9-4-2-1-3-5-9/h1-5,8H,6-7H2. The Morgan fingerprint density at radius 2 is 1.90 bits per heavy atom. The topological polar surface area (TPSA) is 61.0 Å². The van der Waals surface area contributed by atoms with Crippen molar-refractivity contribution in [2.24, 2.45) is 0 Å². The van der Waals surface area contributed by atoms with E-state index in [-0.39, 0.29) is 5.56 Å². The molecule has 106 valence electrons. The van der Waals surface area contributed by atoms with Gasteiger partial charge in [0.2, 0.25) is 0 Å². The highest BCUT2D eigenvalue weighted by molar-refractivity contribution is 5.70. The van der Waals surface area contributed by atoms with Crippen LogP contribution in [0.15, 0.2) is 36.5 Å². The van der Waals surface area contributed by atoms with Crippen LogP contribution in [0.5, 0.6) is 0 Å². The Balaban J connectivity index is 2.32. The molecule has 1 aromatic heterocycles. The number of hydrogen-bond donors (Lipinski definition) is 0. The summed E-state index contributed by atoms with van der Waals surface area (Å²) in [5.41, 5.74) is 0.746. The Kier molecular flexibility index (Phi) is 3.73. The third-order valence-electron chi connectivity index (χ3n) is 2.62. The number of rotatable bonds is 4. The summed E-state index contributed by atoms with van der Waals surface area (Å²) in [7, 11) is 0. The van der Waals surface area contributed by atoms with Gasteiger partial charge in [0.15, 0.2) is 0 Å². The van der Waals surface area contributed by atoms with Gasteiger partial charge < -0.3 is 10.1 Å². The molecule has 0 unspecified atom stereocenters. The summed E-state index contributed by atoms with van der Waals surface area (Å²) in [5, 5.41) is 14.5. The van der Waals surface area contributed by atoms with Gasteiger partial charge in [-0.05, 0) is 10.5 Å². The monoisotopic (exact) mass is 285 g/mol. The molecule has 0 spiro atoms. The van der Waals surface area contributed by atoms with Crippen molar-refractivity contribution in [2.75, 3.05) is 0 Å². The molecule has 0 bridgehead atoms. The largest absolute Gasteiger partial charge is 0.397 e. The van der Waals surface area contributed by atoms with Gasteiger partial charge in [0.05, 0.1) is 24.3 Å². The number of aromatic nitrogens is 2. The lowest BCUT2D eigenvalue weighted by Gasteiger charge is -2.03. The van der Waals surface area contributed by atoms with Crippen LogP contribution in [0, 0.1) is 10.1 Å². The third-order valence-corrected chi connectivity index (χ3v) is 2.62. The van der Waals surface area contributed by atoms with Crippen LogP contribution in [0.3, 0.4) is 0 Å². The second kappa shape index (κ2) is 5.32. The molecule has 0 radical (unpaired) electrons. The average Bonchev–Trinajstić information content (AvgIpc) is 2.81. The zero-order valence-corrected chi connectivity index (χ0v) is 10.2. The number of aryl methyl sites for hydroxylation is 1. The maximum Gasteiger partial charge on any atom is 0.397 e. The average molecular weight is 285 g/mol. The molecule has 0 atom stereocenters. The minimum Gasteiger partial charge on any atom is -0.358 e. The molecule has 2 aromatic rings. The van der Waals surface area contributed by atoms with Crippen molar-refractivity contribution in [3.8, 4) is 11.1 Å². The fraction of sp³-hybridized carbons (Fsp3) is 0.250. The van der Waals surface area contributed by atoms with Gasteiger partial charge in [-0.25, -0.2) is 0 Å². The summed E-state index contributed by atoms with van der Waals surface area (Å²) in [4.78, 5) is 10.2. The molecular formula is C12H10F3N3O2. The second-order valence-corrected chi connectivity index (χ2v) is 4.12. The van der Waals surface area contributed by atoms with E-state index in [1.807, 2.05) is 0 Å². The van der Waals surface area contributed by atoms with Gasteiger partial charge in [-0.3, -0.25) is 0 Å². The molecule has 0 N–H and O–H groups in total. The number of alkyl halides is 3. The molecule has 0 saturated carbocycles. The number of hydrogen-bond acceptors (Lipinski definition) is 3. The maximum atomic E-state index is 12.2. The number of nitro groups is 1. The van der Waals surface area contributed by atoms with E-state index in [0.717, 1.165) is 4.68 Å². The van der Waals surface area contributed by atoms with Gasteiger partial charge in [0, 0.05) is 0 Å². The lowest BCUT2D eigenvalue weighted by Crippen LogP contribution is -2.12. The lowest BCUT2D eigenvalue weighted by atomic mass is 10.1. The van der Waals surface area contributed by atoms with E-state index in [1.54, 1.807) is 30.3 Å². The van der Waals surface area contributed by atoms with Gasteiger partial charge in [-0.15, -0.1) is 0 Å². The summed E-state index contributed by atoms with van der Waals surface area (Å²) >= 11 is 0. The zero-order chi connectivity index (χ0) is 14.8. The van der Waals surface area contributed by atoms with Crippen molar-refractivity contribution < 1.29 is 18.1 Å². The van der Waals surface area contributed by atoms with Crippen LogP contribution in [0.25, 0.3) is 11.1 Å². The molecular weight excluding hydrogens is 275 g/mol. The first kappa shape index (κ1) is 14.0. The van der Waals surface area contributed by atoms with Crippen LogP contribution < -0.4 is 0 Å². The molecule has 2 rings (SSSR count). The van der Waals surface area contributed by atoms with Crippen LogP contribution in [-0.2, 0) is 6.54 Å². The first-order valence-corrected chi connectivity index (χ1v) is 5.71. The molecule has 5 nitrogen and oxygen atoms in total. The molecule has 0 aliphatic heterocycles. The molecule has 0 aliphatic rings. The molecule has 0 fully saturated rings. The molecule has 0 amide bonds. The van der Waals surface area contributed by atoms with E-state index >= 15 is 0 Å². The van der Waals surface area contributed by atoms with Gasteiger partial charge in [-0.2, -0.15) is 17.9 Å². The highest BCUT2D eigenvalue weighted by Gasteiger charge is 2.29. The molecule has 8 heteroatoms. The Morgan fingerprint density at radius 1 is 1.25 bits per heavy atom. The second-order valence-electron chi connectivity index (χ2n) is 4.12. The first-order valence-electron chi connectivity index (χ1n) is 5.71. The van der Waals surface area contributed by atoms with Gasteiger partial charge in [-0.1, -0.05) is 30.3 Å². The van der Waals surface area contributed by atoms with Crippen molar-refractivity contribution in [1.82, 2.24) is 9.78 Å². The Labute approximate surface area is 111 Å². The van der Waals surface area contributed by atoms with E-state index in [9.17, 15) is 23.3 Å². The molecule has 0 saturated heterocycles. The van der Waals surface area contributed by atoms with Gasteiger partial charge in [0.25, 0.3) is 0 Å². The smallest absolute Gasteiger partial charge is 0.358 e. The van der Waals surface area contributed by atoms with Crippen molar-refractivity contribution >= 4 is 5.82 Å². The fourth-order valence-corrected chi connectivity index (χ4v) is 1.72. The highest BCUT2D eigenvalue weighted by Crippen LogP contribution is 2.29. The summed E-state index contributed by atoms with van der Waals surface area (Å²) in [6.45, 7) is -0.447. The van der Waals surface area contributed by atoms with Gasteiger partial charge >= 0.3 is 12.0 Å². The summed E-state index contributed by atoms with van der Waals surface area (Å²) in [5.74, 6) is -0.446. The SMILES string of the molecule is O=[N+]([O-])c1nn(CCC(F)(F)F)cc1-c1ccccc1. The predicted octanol–water partition coefficient (Wildman–Crippen LogP) is 3.41. The number of nitrogens with zero attached hydrogens (tertiary/aromatic N) is 3. The third kappa shape index (κ3) is 3.34. The van der Waals surface area contributed by atoms with E-state index in [1.165, 1.54) is 6.20 Å². The Morgan fingerprint density at radius 3 is 2.45 bits per heavy atom. The van der Waals surface area contributed by atoms with Crippen molar-refractivity contribution in [1.29, 1.82) is 0 Å².